The number of nitrogens with zero attached hydrogens (tertiary/aromatic N) is 4. The number of piperidine rings is 1. The van der Waals surface area contributed by atoms with Crippen molar-refractivity contribution in [3.63, 3.8) is 0 Å². The fraction of sp³-hybridized carbons (Fsp3) is 0.824. The predicted molar refractivity (Wildman–Crippen MR) is 88.9 cm³/mol. The third-order valence-corrected chi connectivity index (χ3v) is 5.49. The molecule has 0 saturated carbocycles. The summed E-state index contributed by atoms with van der Waals surface area (Å²) < 4.78 is 2.27. The Morgan fingerprint density at radius 3 is 2.57 bits per heavy atom. The maximum absolute atomic E-state index is 12.7. The number of hydrogen-bond donors (Lipinski definition) is 1. The van der Waals surface area contributed by atoms with Gasteiger partial charge in [0.15, 0.2) is 0 Å². The minimum Gasteiger partial charge on any atom is -0.342 e. The fourth-order valence-electron chi connectivity index (χ4n) is 3.42. The Bertz CT molecular complexity index is 566. The number of fused-ring (bicyclic) bond motifs is 1. The molecule has 2 aliphatic rings. The van der Waals surface area contributed by atoms with Crippen LogP contribution in [0.3, 0.4) is 0 Å². The molecule has 0 aromatic carbocycles. The first-order valence-corrected chi connectivity index (χ1v) is 8.79. The highest BCUT2D eigenvalue weighted by Crippen LogP contribution is 2.31. The molecule has 1 aromatic rings. The average molecular weight is 319 g/mol. The lowest BCUT2D eigenvalue weighted by Crippen LogP contribution is -2.44. The minimum atomic E-state index is 0.0208. The Morgan fingerprint density at radius 2 is 1.91 bits per heavy atom. The first-order valence-electron chi connectivity index (χ1n) is 8.79. The molecule has 1 aromatic heterocycles. The Kier molecular flexibility index (Phi) is 4.45. The SMILES string of the molecule is CC(C(=O)N1CCC(c2nnc3n2CCNC3)CC1)C(C)(C)C. The van der Waals surface area contributed by atoms with Gasteiger partial charge in [0.2, 0.25) is 5.91 Å². The summed E-state index contributed by atoms with van der Waals surface area (Å²) >= 11 is 0. The Labute approximate surface area is 138 Å². The zero-order chi connectivity index (χ0) is 16.6. The first-order chi connectivity index (χ1) is 10.9. The molecule has 0 aliphatic carbocycles. The van der Waals surface area contributed by atoms with Crippen LogP contribution < -0.4 is 5.32 Å². The monoisotopic (exact) mass is 319 g/mol. The molecule has 6 nitrogen and oxygen atoms in total. The number of hydrogen-bond acceptors (Lipinski definition) is 4. The molecule has 1 fully saturated rings. The molecule has 1 amide bonds. The molecule has 3 heterocycles. The van der Waals surface area contributed by atoms with Crippen LogP contribution in [0.2, 0.25) is 0 Å². The highest BCUT2D eigenvalue weighted by Gasteiger charge is 2.34. The molecule has 0 bridgehead atoms. The van der Waals surface area contributed by atoms with E-state index < -0.39 is 0 Å². The van der Waals surface area contributed by atoms with Crippen molar-refractivity contribution in [3.8, 4) is 0 Å². The zero-order valence-corrected chi connectivity index (χ0v) is 14.8. The molecular formula is C17H29N5O. The van der Waals surface area contributed by atoms with Crippen LogP contribution in [0.1, 0.15) is 58.1 Å². The minimum absolute atomic E-state index is 0.0208. The van der Waals surface area contributed by atoms with Crippen molar-refractivity contribution in [2.75, 3.05) is 19.6 Å². The lowest BCUT2D eigenvalue weighted by molar-refractivity contribution is -0.139. The predicted octanol–water partition coefficient (Wildman–Crippen LogP) is 1.77. The van der Waals surface area contributed by atoms with Crippen LogP contribution in [0.4, 0.5) is 0 Å². The van der Waals surface area contributed by atoms with Gasteiger partial charge in [-0.15, -0.1) is 10.2 Å². The van der Waals surface area contributed by atoms with Gasteiger partial charge in [-0.05, 0) is 18.3 Å². The summed E-state index contributed by atoms with van der Waals surface area (Å²) in [6, 6.07) is 0. The average Bonchev–Trinajstić information content (AvgIpc) is 2.97. The van der Waals surface area contributed by atoms with Crippen molar-refractivity contribution in [2.45, 2.75) is 59.5 Å². The normalized spacial score (nSPS) is 21.1. The van der Waals surface area contributed by atoms with Crippen molar-refractivity contribution in [2.24, 2.45) is 11.3 Å². The number of carbonyl (C=O) groups is 1. The summed E-state index contributed by atoms with van der Waals surface area (Å²) in [4.78, 5) is 14.7. The van der Waals surface area contributed by atoms with Gasteiger partial charge < -0.3 is 14.8 Å². The first kappa shape index (κ1) is 16.4. The smallest absolute Gasteiger partial charge is 0.225 e. The second-order valence-electron chi connectivity index (χ2n) is 7.99. The van der Waals surface area contributed by atoms with Crippen LogP contribution in [0.25, 0.3) is 0 Å². The van der Waals surface area contributed by atoms with Crippen molar-refractivity contribution in [3.05, 3.63) is 11.6 Å². The van der Waals surface area contributed by atoms with Gasteiger partial charge in [-0.1, -0.05) is 27.7 Å². The van der Waals surface area contributed by atoms with Crippen LogP contribution in [-0.2, 0) is 17.9 Å². The third kappa shape index (κ3) is 3.27. The molecule has 6 heteroatoms. The van der Waals surface area contributed by atoms with Gasteiger partial charge in [-0.3, -0.25) is 4.79 Å². The number of rotatable bonds is 2. The second kappa shape index (κ2) is 6.23. The summed E-state index contributed by atoms with van der Waals surface area (Å²) in [6.07, 6.45) is 1.99. The molecule has 2 aliphatic heterocycles. The molecule has 1 unspecified atom stereocenters. The zero-order valence-electron chi connectivity index (χ0n) is 14.8. The number of amides is 1. The van der Waals surface area contributed by atoms with Crippen LogP contribution in [0, 0.1) is 11.3 Å². The van der Waals surface area contributed by atoms with E-state index in [1.165, 1.54) is 0 Å². The van der Waals surface area contributed by atoms with E-state index in [1.807, 2.05) is 4.90 Å². The lowest BCUT2D eigenvalue weighted by atomic mass is 9.80. The standard InChI is InChI=1S/C17H29N5O/c1-12(17(2,3)4)16(23)21-8-5-13(6-9-21)15-20-19-14-11-18-7-10-22(14)15/h12-13,18H,5-11H2,1-4H3. The highest BCUT2D eigenvalue weighted by atomic mass is 16.2. The number of likely N-dealkylation sites (tertiary alicyclic amines) is 1. The number of carbonyl (C=O) groups excluding carboxylic acids is 1. The Hall–Kier alpha value is -1.43. The lowest BCUT2D eigenvalue weighted by Gasteiger charge is -2.36. The fourth-order valence-corrected chi connectivity index (χ4v) is 3.42. The largest absolute Gasteiger partial charge is 0.342 e. The molecular weight excluding hydrogens is 290 g/mol. The van der Waals surface area contributed by atoms with Gasteiger partial charge in [-0.2, -0.15) is 0 Å². The molecule has 0 spiro atoms. The molecule has 1 atom stereocenters. The van der Waals surface area contributed by atoms with Crippen molar-refractivity contribution in [1.29, 1.82) is 0 Å². The summed E-state index contributed by atoms with van der Waals surface area (Å²) in [6.45, 7) is 12.9. The third-order valence-electron chi connectivity index (χ3n) is 5.49. The van der Waals surface area contributed by atoms with E-state index in [9.17, 15) is 4.79 Å². The molecule has 1 saturated heterocycles. The van der Waals surface area contributed by atoms with Gasteiger partial charge in [0.25, 0.3) is 0 Å². The molecule has 128 valence electrons. The summed E-state index contributed by atoms with van der Waals surface area (Å²) in [5.41, 5.74) is 0.0208. The molecule has 1 N–H and O–H groups in total. The van der Waals surface area contributed by atoms with Crippen molar-refractivity contribution < 1.29 is 4.79 Å². The van der Waals surface area contributed by atoms with Crippen molar-refractivity contribution in [1.82, 2.24) is 25.0 Å². The quantitative estimate of drug-likeness (QED) is 0.902. The summed E-state index contributed by atoms with van der Waals surface area (Å²) in [5, 5.41) is 12.1. The molecule has 0 radical (unpaired) electrons. The van der Waals surface area contributed by atoms with E-state index in [1.54, 1.807) is 0 Å². The molecule has 23 heavy (non-hydrogen) atoms. The molecule has 3 rings (SSSR count). The maximum atomic E-state index is 12.7. The second-order valence-corrected chi connectivity index (χ2v) is 7.99. The van der Waals surface area contributed by atoms with E-state index in [0.29, 0.717) is 11.8 Å². The van der Waals surface area contributed by atoms with Gasteiger partial charge in [0, 0.05) is 38.0 Å². The summed E-state index contributed by atoms with van der Waals surface area (Å²) in [5.74, 6) is 2.96. The topological polar surface area (TPSA) is 63.1 Å². The Morgan fingerprint density at radius 1 is 1.22 bits per heavy atom. The van der Waals surface area contributed by atoms with Gasteiger partial charge in [0.05, 0.1) is 6.54 Å². The highest BCUT2D eigenvalue weighted by molar-refractivity contribution is 5.79. The van der Waals surface area contributed by atoms with E-state index in [4.69, 9.17) is 0 Å². The van der Waals surface area contributed by atoms with E-state index >= 15 is 0 Å². The van der Waals surface area contributed by atoms with Gasteiger partial charge in [0.1, 0.15) is 11.6 Å². The number of aromatic nitrogens is 3. The van der Waals surface area contributed by atoms with Crippen LogP contribution in [0.15, 0.2) is 0 Å². The Balaban J connectivity index is 1.63. The van der Waals surface area contributed by atoms with Crippen LogP contribution in [0.5, 0.6) is 0 Å². The van der Waals surface area contributed by atoms with Gasteiger partial charge >= 0.3 is 0 Å². The van der Waals surface area contributed by atoms with E-state index in [2.05, 4.69) is 47.8 Å². The van der Waals surface area contributed by atoms with E-state index in [0.717, 1.165) is 57.2 Å². The number of nitrogens with one attached hydrogen (secondary N) is 1. The summed E-state index contributed by atoms with van der Waals surface area (Å²) in [7, 11) is 0. The van der Waals surface area contributed by atoms with Gasteiger partial charge in [-0.25, -0.2) is 0 Å². The maximum Gasteiger partial charge on any atom is 0.225 e. The van der Waals surface area contributed by atoms with Crippen molar-refractivity contribution >= 4 is 5.91 Å². The van der Waals surface area contributed by atoms with Crippen LogP contribution in [-0.4, -0.2) is 45.2 Å². The van der Waals surface area contributed by atoms with Crippen LogP contribution >= 0.6 is 0 Å². The van der Waals surface area contributed by atoms with E-state index in [-0.39, 0.29) is 11.3 Å².